The van der Waals surface area contributed by atoms with Gasteiger partial charge in [0.1, 0.15) is 0 Å². The van der Waals surface area contributed by atoms with Gasteiger partial charge in [0.2, 0.25) is 0 Å². The second kappa shape index (κ2) is 3.09. The lowest BCUT2D eigenvalue weighted by Crippen LogP contribution is -2.19. The number of nitrogens with zero attached hydrogens (tertiary/aromatic N) is 1. The Kier molecular flexibility index (Phi) is 2.35. The summed E-state index contributed by atoms with van der Waals surface area (Å²) in [5, 5.41) is 10.6. The lowest BCUT2D eigenvalue weighted by Gasteiger charge is -2.02. The molecule has 0 radical (unpaired) electrons. The van der Waals surface area contributed by atoms with Crippen LogP contribution in [0.3, 0.4) is 0 Å². The minimum atomic E-state index is -2.78. The third kappa shape index (κ3) is 2.39. The maximum absolute atomic E-state index is 10.9. The second-order valence-corrected chi connectivity index (χ2v) is 4.99. The molecule has 4 nitrogen and oxygen atoms in total. The van der Waals surface area contributed by atoms with Gasteiger partial charge in [-0.25, -0.2) is 8.42 Å². The number of hydrogen-bond donors (Lipinski definition) is 1. The van der Waals surface area contributed by atoms with Crippen LogP contribution < -0.4 is 5.32 Å². The fraction of sp³-hybridized carbons (Fsp3) is 0.833. The van der Waals surface area contributed by atoms with Gasteiger partial charge in [-0.15, -0.1) is 0 Å². The van der Waals surface area contributed by atoms with Gasteiger partial charge in [-0.05, 0) is 12.3 Å². The lowest BCUT2D eigenvalue weighted by molar-refractivity contribution is 0.567. The van der Waals surface area contributed by atoms with Gasteiger partial charge in [0.15, 0.2) is 16.0 Å². The average molecular weight is 174 g/mol. The summed E-state index contributed by atoms with van der Waals surface area (Å²) in [6, 6.07) is 0. The van der Waals surface area contributed by atoms with E-state index in [9.17, 15) is 8.42 Å². The van der Waals surface area contributed by atoms with Crippen molar-refractivity contribution in [3.63, 3.8) is 0 Å². The van der Waals surface area contributed by atoms with Crippen LogP contribution in [0.5, 0.6) is 0 Å². The zero-order valence-corrected chi connectivity index (χ0v) is 6.89. The van der Waals surface area contributed by atoms with Gasteiger partial charge in [-0.2, -0.15) is 5.26 Å². The monoisotopic (exact) mass is 174 g/mol. The first-order chi connectivity index (χ1) is 5.14. The largest absolute Gasteiger partial charge is 0.324 e. The topological polar surface area (TPSA) is 70.0 Å². The van der Waals surface area contributed by atoms with Crippen molar-refractivity contribution >= 4 is 9.84 Å². The highest BCUT2D eigenvalue weighted by molar-refractivity contribution is 7.91. The Morgan fingerprint density at radius 3 is 2.82 bits per heavy atom. The molecule has 0 spiro atoms. The van der Waals surface area contributed by atoms with Crippen molar-refractivity contribution < 1.29 is 8.42 Å². The van der Waals surface area contributed by atoms with E-state index in [1.807, 2.05) is 0 Å². The smallest absolute Gasteiger partial charge is 0.176 e. The summed E-state index contributed by atoms with van der Waals surface area (Å²) >= 11 is 0. The highest BCUT2D eigenvalue weighted by Gasteiger charge is 2.27. The first-order valence-corrected chi connectivity index (χ1v) is 5.28. The van der Waals surface area contributed by atoms with Crippen molar-refractivity contribution in [2.24, 2.45) is 5.92 Å². The van der Waals surface area contributed by atoms with Gasteiger partial charge in [0.05, 0.1) is 11.5 Å². The van der Waals surface area contributed by atoms with Crippen LogP contribution in [-0.2, 0) is 9.84 Å². The Bertz CT molecular complexity index is 265. The van der Waals surface area contributed by atoms with Crippen LogP contribution in [0.25, 0.3) is 0 Å². The summed E-state index contributed by atoms with van der Waals surface area (Å²) in [5.74, 6) is 0.659. The van der Waals surface area contributed by atoms with E-state index in [0.717, 1.165) is 0 Å². The van der Waals surface area contributed by atoms with Crippen LogP contribution in [0.15, 0.2) is 0 Å². The van der Waals surface area contributed by atoms with Crippen molar-refractivity contribution in [2.45, 2.75) is 6.42 Å². The third-order valence-corrected chi connectivity index (χ3v) is 3.63. The van der Waals surface area contributed by atoms with E-state index in [0.29, 0.717) is 13.0 Å². The molecular formula is C6H10N2O2S. The quantitative estimate of drug-likeness (QED) is 0.452. The number of rotatable bonds is 2. The molecule has 1 N–H and O–H groups in total. The van der Waals surface area contributed by atoms with Crippen molar-refractivity contribution in [1.82, 2.24) is 5.32 Å². The molecule has 1 unspecified atom stereocenters. The molecule has 11 heavy (non-hydrogen) atoms. The van der Waals surface area contributed by atoms with Crippen LogP contribution in [0.4, 0.5) is 0 Å². The van der Waals surface area contributed by atoms with E-state index in [1.54, 1.807) is 6.19 Å². The maximum atomic E-state index is 10.9. The highest BCUT2D eigenvalue weighted by atomic mass is 32.2. The molecule has 1 atom stereocenters. The fourth-order valence-corrected chi connectivity index (χ4v) is 3.08. The fourth-order valence-electron chi connectivity index (χ4n) is 1.22. The van der Waals surface area contributed by atoms with E-state index in [2.05, 4.69) is 5.32 Å². The van der Waals surface area contributed by atoms with Gasteiger partial charge < -0.3 is 5.32 Å². The van der Waals surface area contributed by atoms with Gasteiger partial charge in [-0.1, -0.05) is 0 Å². The molecule has 0 aromatic heterocycles. The highest BCUT2D eigenvalue weighted by Crippen LogP contribution is 2.16. The number of sulfone groups is 1. The van der Waals surface area contributed by atoms with Crippen molar-refractivity contribution in [3.8, 4) is 6.19 Å². The molecular weight excluding hydrogens is 164 g/mol. The number of hydrogen-bond acceptors (Lipinski definition) is 4. The van der Waals surface area contributed by atoms with Crippen molar-refractivity contribution in [3.05, 3.63) is 0 Å². The Labute approximate surface area is 66.1 Å². The molecule has 5 heteroatoms. The van der Waals surface area contributed by atoms with Gasteiger partial charge in [0, 0.05) is 6.54 Å². The van der Waals surface area contributed by atoms with Crippen LogP contribution in [0.1, 0.15) is 6.42 Å². The SMILES string of the molecule is N#CNCC1CCS(=O)(=O)C1. The molecule has 0 saturated carbocycles. The third-order valence-electron chi connectivity index (χ3n) is 1.80. The van der Waals surface area contributed by atoms with Crippen LogP contribution in [-0.4, -0.2) is 26.5 Å². The predicted octanol–water partition coefficient (Wildman–Crippen LogP) is -0.508. The first-order valence-electron chi connectivity index (χ1n) is 3.46. The van der Waals surface area contributed by atoms with Crippen molar-refractivity contribution in [2.75, 3.05) is 18.1 Å². The predicted molar refractivity (Wildman–Crippen MR) is 40.4 cm³/mol. The number of nitrogens with one attached hydrogen (secondary N) is 1. The molecule has 1 aliphatic heterocycles. The normalized spacial score (nSPS) is 27.7. The molecule has 0 aliphatic carbocycles. The lowest BCUT2D eigenvalue weighted by atomic mass is 10.1. The number of nitriles is 1. The molecule has 1 saturated heterocycles. The minimum absolute atomic E-state index is 0.139. The molecule has 0 bridgehead atoms. The van der Waals surface area contributed by atoms with Crippen LogP contribution in [0, 0.1) is 17.4 Å². The second-order valence-electron chi connectivity index (χ2n) is 2.76. The zero-order valence-electron chi connectivity index (χ0n) is 6.08. The van der Waals surface area contributed by atoms with Crippen molar-refractivity contribution in [1.29, 1.82) is 5.26 Å². The molecule has 0 aromatic rings. The molecule has 1 heterocycles. The summed E-state index contributed by atoms with van der Waals surface area (Å²) in [6.45, 7) is 0.496. The molecule has 62 valence electrons. The summed E-state index contributed by atoms with van der Waals surface area (Å²) in [7, 11) is -2.78. The molecule has 1 rings (SSSR count). The van der Waals surface area contributed by atoms with Crippen LogP contribution >= 0.6 is 0 Å². The van der Waals surface area contributed by atoms with E-state index in [1.165, 1.54) is 0 Å². The Hall–Kier alpha value is -0.760. The Morgan fingerprint density at radius 1 is 1.64 bits per heavy atom. The van der Waals surface area contributed by atoms with E-state index in [4.69, 9.17) is 5.26 Å². The molecule has 1 aliphatic rings. The standard InChI is InChI=1S/C6H10N2O2S/c7-5-8-3-6-1-2-11(9,10)4-6/h6,8H,1-4H2. The summed E-state index contributed by atoms with van der Waals surface area (Å²) in [6.07, 6.45) is 2.47. The van der Waals surface area contributed by atoms with Crippen LogP contribution in [0.2, 0.25) is 0 Å². The minimum Gasteiger partial charge on any atom is -0.324 e. The molecule has 0 aromatic carbocycles. The van der Waals surface area contributed by atoms with Gasteiger partial charge >= 0.3 is 0 Å². The molecule has 0 amide bonds. The summed E-state index contributed by atoms with van der Waals surface area (Å²) in [5.41, 5.74) is 0. The van der Waals surface area contributed by atoms with Gasteiger partial charge in [0.25, 0.3) is 0 Å². The maximum Gasteiger partial charge on any atom is 0.176 e. The summed E-state index contributed by atoms with van der Waals surface area (Å²) in [4.78, 5) is 0. The average Bonchev–Trinajstić information content (AvgIpc) is 2.26. The zero-order chi connectivity index (χ0) is 8.32. The van der Waals surface area contributed by atoms with E-state index < -0.39 is 9.84 Å². The molecule has 1 fully saturated rings. The Morgan fingerprint density at radius 2 is 2.36 bits per heavy atom. The summed E-state index contributed by atoms with van der Waals surface area (Å²) < 4.78 is 21.8. The van der Waals surface area contributed by atoms with E-state index >= 15 is 0 Å². The van der Waals surface area contributed by atoms with Gasteiger partial charge in [-0.3, -0.25) is 0 Å². The Balaban J connectivity index is 2.38. The van der Waals surface area contributed by atoms with E-state index in [-0.39, 0.29) is 17.4 Å². The first kappa shape index (κ1) is 8.34.